The number of hydrazone groups is 1. The summed E-state index contributed by atoms with van der Waals surface area (Å²) in [6.45, 7) is 4.64. The minimum Gasteiger partial charge on any atom is -0.465 e. The number of piperidine rings is 1. The number of amides is 3. The first kappa shape index (κ1) is 16.0. The van der Waals surface area contributed by atoms with Crippen molar-refractivity contribution in [3.63, 3.8) is 0 Å². The molecule has 10 heteroatoms. The minimum absolute atomic E-state index is 0.0262. The number of likely N-dealkylation sites (tertiary alicyclic amines) is 1. The summed E-state index contributed by atoms with van der Waals surface area (Å²) in [6.07, 6.45) is -2.38. The number of nitrogens with one attached hydrogen (secondary N) is 1. The molecule has 0 aromatic rings. The van der Waals surface area contributed by atoms with Gasteiger partial charge in [-0.25, -0.2) is 15.0 Å². The van der Waals surface area contributed by atoms with Crippen LogP contribution in [0.1, 0.15) is 27.2 Å². The van der Waals surface area contributed by atoms with Gasteiger partial charge < -0.3 is 14.7 Å². The van der Waals surface area contributed by atoms with E-state index in [0.29, 0.717) is 0 Å². The molecule has 0 spiro atoms. The van der Waals surface area contributed by atoms with Crippen molar-refractivity contribution in [3.05, 3.63) is 0 Å². The summed E-state index contributed by atoms with van der Waals surface area (Å²) in [5.41, 5.74) is -0.351. The van der Waals surface area contributed by atoms with Crippen LogP contribution in [0.25, 0.3) is 0 Å². The van der Waals surface area contributed by atoms with Crippen molar-refractivity contribution in [1.29, 1.82) is 0 Å². The molecule has 1 fully saturated rings. The molecule has 2 rings (SSSR count). The third-order valence-corrected chi connectivity index (χ3v) is 3.43. The number of carbonyl (C=O) groups is 3. The number of carbonyl (C=O) groups excluding carboxylic acids is 2. The Bertz CT molecular complexity index is 554. The van der Waals surface area contributed by atoms with Crippen LogP contribution in [0, 0.1) is 0 Å². The number of fused-ring (bicyclic) bond motifs is 1. The predicted octanol–water partition coefficient (Wildman–Crippen LogP) is 0.221. The average molecular weight is 314 g/mol. The lowest BCUT2D eigenvalue weighted by Crippen LogP contribution is -2.66. The van der Waals surface area contributed by atoms with Gasteiger partial charge in [0, 0.05) is 13.0 Å². The first-order valence-corrected chi connectivity index (χ1v) is 6.65. The van der Waals surface area contributed by atoms with Gasteiger partial charge in [0.2, 0.25) is 0 Å². The van der Waals surface area contributed by atoms with E-state index in [-0.39, 0.29) is 30.3 Å². The maximum atomic E-state index is 12.1. The van der Waals surface area contributed by atoms with Gasteiger partial charge in [-0.15, -0.1) is 0 Å². The van der Waals surface area contributed by atoms with Crippen molar-refractivity contribution in [3.8, 4) is 0 Å². The summed E-state index contributed by atoms with van der Waals surface area (Å²) < 4.78 is 5.05. The molecule has 1 atom stereocenters. The monoisotopic (exact) mass is 314 g/mol. The predicted molar refractivity (Wildman–Crippen MR) is 72.4 cm³/mol. The number of carboxylic acid groups (broad SMARTS) is 1. The molecule has 0 aromatic carbocycles. The molecule has 2 aliphatic rings. The molecule has 22 heavy (non-hydrogen) atoms. The lowest BCUT2D eigenvalue weighted by atomic mass is 9.85. The summed E-state index contributed by atoms with van der Waals surface area (Å²) >= 11 is 0. The lowest BCUT2D eigenvalue weighted by Gasteiger charge is -2.40. The first-order valence-electron chi connectivity index (χ1n) is 6.65. The highest BCUT2D eigenvalue weighted by molar-refractivity contribution is 6.19. The average Bonchev–Trinajstić information content (AvgIpc) is 2.73. The quantitative estimate of drug-likeness (QED) is 0.468. The van der Waals surface area contributed by atoms with Crippen LogP contribution in [0.3, 0.4) is 0 Å². The molecule has 1 saturated heterocycles. The van der Waals surface area contributed by atoms with Gasteiger partial charge in [-0.2, -0.15) is 10.2 Å². The van der Waals surface area contributed by atoms with Crippen molar-refractivity contribution in [2.24, 2.45) is 5.10 Å². The van der Waals surface area contributed by atoms with Gasteiger partial charge >= 0.3 is 12.2 Å². The molecular formula is C12H18N4O6. The van der Waals surface area contributed by atoms with Crippen LogP contribution in [0.5, 0.6) is 0 Å². The van der Waals surface area contributed by atoms with Crippen LogP contribution in [-0.2, 0) is 9.53 Å². The van der Waals surface area contributed by atoms with E-state index in [0.717, 1.165) is 4.90 Å². The van der Waals surface area contributed by atoms with E-state index in [1.807, 2.05) is 0 Å². The fraction of sp³-hybridized carbons (Fsp3) is 0.667. The molecule has 0 radical (unpaired) electrons. The molecule has 0 aliphatic carbocycles. The van der Waals surface area contributed by atoms with E-state index in [1.54, 1.807) is 20.8 Å². The third-order valence-electron chi connectivity index (χ3n) is 3.43. The molecule has 122 valence electrons. The van der Waals surface area contributed by atoms with Crippen molar-refractivity contribution in [1.82, 2.24) is 15.4 Å². The van der Waals surface area contributed by atoms with Crippen LogP contribution < -0.4 is 5.43 Å². The number of hydrogen-bond donors (Lipinski definition) is 3. The fourth-order valence-corrected chi connectivity index (χ4v) is 2.36. The van der Waals surface area contributed by atoms with Gasteiger partial charge in [-0.1, -0.05) is 0 Å². The van der Waals surface area contributed by atoms with Crippen LogP contribution in [0.2, 0.25) is 0 Å². The molecule has 0 aromatic heterocycles. The summed E-state index contributed by atoms with van der Waals surface area (Å²) in [5, 5.41) is 23.2. The van der Waals surface area contributed by atoms with Crippen LogP contribution in [0.4, 0.5) is 9.59 Å². The van der Waals surface area contributed by atoms with Crippen LogP contribution in [-0.4, -0.2) is 68.3 Å². The number of ether oxygens (including phenoxy) is 1. The molecule has 10 nitrogen and oxygen atoms in total. The number of hydrogen-bond acceptors (Lipinski definition) is 6. The highest BCUT2D eigenvalue weighted by Crippen LogP contribution is 2.30. The van der Waals surface area contributed by atoms with Crippen LogP contribution in [0.15, 0.2) is 5.10 Å². The number of nitrogens with zero attached hydrogens (tertiary/aromatic N) is 3. The Kier molecular flexibility index (Phi) is 3.73. The molecule has 2 heterocycles. The summed E-state index contributed by atoms with van der Waals surface area (Å²) in [5.74, 6) is -0.694. The second-order valence-corrected chi connectivity index (χ2v) is 6.11. The van der Waals surface area contributed by atoms with E-state index in [9.17, 15) is 19.6 Å². The van der Waals surface area contributed by atoms with Crippen molar-refractivity contribution in [2.45, 2.75) is 38.3 Å². The van der Waals surface area contributed by atoms with Gasteiger partial charge in [0.15, 0.2) is 5.54 Å². The lowest BCUT2D eigenvalue weighted by molar-refractivity contribution is -0.161. The van der Waals surface area contributed by atoms with Crippen LogP contribution >= 0.6 is 0 Å². The van der Waals surface area contributed by atoms with E-state index < -0.39 is 29.2 Å². The molecule has 1 unspecified atom stereocenters. The van der Waals surface area contributed by atoms with Gasteiger partial charge in [0.25, 0.3) is 5.91 Å². The molecule has 3 amide bonds. The number of hydroxylamine groups is 2. The maximum Gasteiger partial charge on any atom is 0.435 e. The van der Waals surface area contributed by atoms with Gasteiger partial charge in [0.1, 0.15) is 5.60 Å². The topological polar surface area (TPSA) is 132 Å². The Morgan fingerprint density at radius 1 is 1.45 bits per heavy atom. The molecule has 0 bridgehead atoms. The zero-order valence-electron chi connectivity index (χ0n) is 12.5. The fourth-order valence-electron chi connectivity index (χ4n) is 2.36. The van der Waals surface area contributed by atoms with E-state index in [2.05, 4.69) is 10.5 Å². The summed E-state index contributed by atoms with van der Waals surface area (Å²) in [7, 11) is 0. The maximum absolute atomic E-state index is 12.1. The standard InChI is InChI=1S/C12H18N4O6/c1-11(2,3)22-10(20)16(21)12-4-5-15(9(18)19)6-7(12)13-14-8(12)17/h21H,4-6H2,1-3H3,(H,14,17)(H,18,19). The van der Waals surface area contributed by atoms with Crippen molar-refractivity contribution >= 4 is 23.8 Å². The SMILES string of the molecule is CC(C)(C)OC(=O)N(O)C12CCN(C(=O)O)CC1=NNC2=O. The zero-order chi connectivity index (χ0) is 16.7. The van der Waals surface area contributed by atoms with Crippen molar-refractivity contribution < 1.29 is 29.4 Å². The molecule has 0 saturated carbocycles. The Hall–Kier alpha value is -2.36. The Morgan fingerprint density at radius 2 is 2.09 bits per heavy atom. The summed E-state index contributed by atoms with van der Waals surface area (Å²) in [4.78, 5) is 36.2. The zero-order valence-corrected chi connectivity index (χ0v) is 12.5. The van der Waals surface area contributed by atoms with E-state index >= 15 is 0 Å². The highest BCUT2D eigenvalue weighted by atomic mass is 16.6. The van der Waals surface area contributed by atoms with E-state index in [4.69, 9.17) is 9.84 Å². The highest BCUT2D eigenvalue weighted by Gasteiger charge is 2.58. The summed E-state index contributed by atoms with van der Waals surface area (Å²) in [6, 6.07) is 0. The normalized spacial score (nSPS) is 24.3. The molecule has 3 N–H and O–H groups in total. The smallest absolute Gasteiger partial charge is 0.435 e. The minimum atomic E-state index is -1.73. The van der Waals surface area contributed by atoms with E-state index in [1.165, 1.54) is 0 Å². The van der Waals surface area contributed by atoms with Crippen molar-refractivity contribution in [2.75, 3.05) is 13.1 Å². The molecular weight excluding hydrogens is 296 g/mol. The van der Waals surface area contributed by atoms with Gasteiger partial charge in [-0.3, -0.25) is 10.0 Å². The second-order valence-electron chi connectivity index (χ2n) is 6.11. The van der Waals surface area contributed by atoms with Gasteiger partial charge in [-0.05, 0) is 20.8 Å². The largest absolute Gasteiger partial charge is 0.465 e. The second kappa shape index (κ2) is 5.13. The number of rotatable bonds is 1. The third kappa shape index (κ3) is 2.56. The Labute approximate surface area is 126 Å². The van der Waals surface area contributed by atoms with Gasteiger partial charge in [0.05, 0.1) is 12.3 Å². The first-order chi connectivity index (χ1) is 10.1. The Balaban J connectivity index is 2.26. The molecule has 2 aliphatic heterocycles. The Morgan fingerprint density at radius 3 is 2.64 bits per heavy atom.